The van der Waals surface area contributed by atoms with Gasteiger partial charge in [-0.25, -0.2) is 0 Å². The van der Waals surface area contributed by atoms with Crippen LogP contribution in [-0.2, 0) is 19.0 Å². The van der Waals surface area contributed by atoms with Crippen LogP contribution in [0.4, 0.5) is 0 Å². The fourth-order valence-corrected chi connectivity index (χ4v) is 2.36. The number of rotatable bonds is 6. The van der Waals surface area contributed by atoms with E-state index in [9.17, 15) is 4.79 Å². The first kappa shape index (κ1) is 22.3. The van der Waals surface area contributed by atoms with E-state index >= 15 is 0 Å². The summed E-state index contributed by atoms with van der Waals surface area (Å²) in [4.78, 5) is 15.2. The lowest BCUT2D eigenvalue weighted by Crippen LogP contribution is -2.40. The summed E-state index contributed by atoms with van der Waals surface area (Å²) >= 11 is 0. The van der Waals surface area contributed by atoms with E-state index < -0.39 is 0 Å². The van der Waals surface area contributed by atoms with E-state index in [1.54, 1.807) is 14.2 Å². The van der Waals surface area contributed by atoms with Crippen molar-refractivity contribution in [3.05, 3.63) is 0 Å². The van der Waals surface area contributed by atoms with Gasteiger partial charge in [0.15, 0.2) is 0 Å². The molecule has 6 nitrogen and oxygen atoms in total. The summed E-state index contributed by atoms with van der Waals surface area (Å²) in [7, 11) is 3.41. The van der Waals surface area contributed by atoms with Crippen LogP contribution in [0.3, 0.4) is 0 Å². The van der Waals surface area contributed by atoms with Gasteiger partial charge >= 0.3 is 0 Å². The third-order valence-electron chi connectivity index (χ3n) is 3.76. The first-order valence-corrected chi connectivity index (χ1v) is 8.77. The van der Waals surface area contributed by atoms with E-state index in [2.05, 4.69) is 11.8 Å². The molecule has 2 rings (SSSR count). The fourth-order valence-electron chi connectivity index (χ4n) is 2.36. The van der Waals surface area contributed by atoms with Crippen LogP contribution in [0.2, 0.25) is 0 Å². The highest BCUT2D eigenvalue weighted by Crippen LogP contribution is 2.08. The van der Waals surface area contributed by atoms with Gasteiger partial charge in [0.05, 0.1) is 25.9 Å². The molecule has 2 saturated heterocycles. The summed E-state index contributed by atoms with van der Waals surface area (Å²) in [6.07, 6.45) is 2.08. The quantitative estimate of drug-likeness (QED) is 0.740. The predicted molar refractivity (Wildman–Crippen MR) is 92.8 cm³/mol. The number of hydrogen-bond donors (Lipinski definition) is 0. The highest BCUT2D eigenvalue weighted by Gasteiger charge is 2.18. The van der Waals surface area contributed by atoms with Gasteiger partial charge in [-0.3, -0.25) is 9.69 Å². The predicted octanol–water partition coefficient (Wildman–Crippen LogP) is 1.63. The normalized spacial score (nSPS) is 19.5. The van der Waals surface area contributed by atoms with E-state index in [-0.39, 0.29) is 5.91 Å². The number of ether oxygens (including phenoxy) is 3. The van der Waals surface area contributed by atoms with E-state index in [1.165, 1.54) is 0 Å². The molecular formula is C17H36N2O4. The number of hydrogen-bond acceptors (Lipinski definition) is 5. The molecule has 0 aliphatic carbocycles. The minimum atomic E-state index is 0.275. The standard InChI is InChI=1S/C8H17NO2.C7H13NO2.C2H6/c1-8(10-2)7-9-3-5-11-6-4-9;1-10-6-5-8-4-2-3-7(8)9;1-2/h8H,3-7H2,1-2H3;2-6H2,1H3;1-2H3. The lowest BCUT2D eigenvalue weighted by atomic mass is 10.3. The van der Waals surface area contributed by atoms with Crippen LogP contribution in [-0.4, -0.2) is 88.6 Å². The minimum absolute atomic E-state index is 0.275. The molecule has 1 amide bonds. The van der Waals surface area contributed by atoms with E-state index in [4.69, 9.17) is 14.2 Å². The Balaban J connectivity index is 0.000000381. The Morgan fingerprint density at radius 2 is 1.83 bits per heavy atom. The molecule has 138 valence electrons. The molecule has 6 heteroatoms. The average molecular weight is 332 g/mol. The smallest absolute Gasteiger partial charge is 0.222 e. The summed E-state index contributed by atoms with van der Waals surface area (Å²) in [5.74, 6) is 0.275. The molecule has 2 aliphatic heterocycles. The number of methoxy groups -OCH3 is 2. The first-order chi connectivity index (χ1) is 11.2. The molecule has 1 unspecified atom stereocenters. The number of nitrogens with zero attached hydrogens (tertiary/aromatic N) is 2. The molecule has 2 fully saturated rings. The Bertz CT molecular complexity index is 284. The molecule has 0 aromatic carbocycles. The van der Waals surface area contributed by atoms with Gasteiger partial charge in [0.1, 0.15) is 0 Å². The number of carbonyl (C=O) groups excluding carboxylic acids is 1. The van der Waals surface area contributed by atoms with Gasteiger partial charge in [-0.2, -0.15) is 0 Å². The topological polar surface area (TPSA) is 51.2 Å². The Labute approximate surface area is 142 Å². The molecule has 0 bridgehead atoms. The van der Waals surface area contributed by atoms with Crippen LogP contribution in [0.1, 0.15) is 33.6 Å². The van der Waals surface area contributed by atoms with Crippen molar-refractivity contribution < 1.29 is 19.0 Å². The second kappa shape index (κ2) is 14.9. The fraction of sp³-hybridized carbons (Fsp3) is 0.941. The molecular weight excluding hydrogens is 296 g/mol. The molecule has 0 aromatic heterocycles. The molecule has 0 saturated carbocycles. The second-order valence-electron chi connectivity index (χ2n) is 5.44. The lowest BCUT2D eigenvalue weighted by molar-refractivity contribution is -0.128. The molecule has 0 aromatic rings. The number of amides is 1. The maximum absolute atomic E-state index is 11.0. The van der Waals surface area contributed by atoms with Crippen molar-refractivity contribution in [1.82, 2.24) is 9.80 Å². The zero-order chi connectivity index (χ0) is 17.5. The molecule has 2 aliphatic rings. The van der Waals surface area contributed by atoms with Gasteiger partial charge in [-0.05, 0) is 13.3 Å². The van der Waals surface area contributed by atoms with Gasteiger partial charge in [0.2, 0.25) is 5.91 Å². The van der Waals surface area contributed by atoms with Gasteiger partial charge in [0, 0.05) is 53.4 Å². The Hall–Kier alpha value is -0.690. The molecule has 23 heavy (non-hydrogen) atoms. The zero-order valence-corrected chi connectivity index (χ0v) is 15.7. The molecule has 2 heterocycles. The van der Waals surface area contributed by atoms with Crippen molar-refractivity contribution in [2.75, 3.05) is 66.8 Å². The van der Waals surface area contributed by atoms with Crippen LogP contribution >= 0.6 is 0 Å². The summed E-state index contributed by atoms with van der Waals surface area (Å²) in [6.45, 7) is 13.3. The van der Waals surface area contributed by atoms with Gasteiger partial charge in [-0.1, -0.05) is 13.8 Å². The van der Waals surface area contributed by atoms with Crippen molar-refractivity contribution in [2.24, 2.45) is 0 Å². The Kier molecular flexibility index (Phi) is 14.4. The van der Waals surface area contributed by atoms with Crippen LogP contribution in [0.25, 0.3) is 0 Å². The van der Waals surface area contributed by atoms with Crippen LogP contribution in [0.5, 0.6) is 0 Å². The summed E-state index contributed by atoms with van der Waals surface area (Å²) in [6, 6.07) is 0. The van der Waals surface area contributed by atoms with Crippen LogP contribution in [0.15, 0.2) is 0 Å². The van der Waals surface area contributed by atoms with E-state index in [0.717, 1.165) is 58.8 Å². The van der Waals surface area contributed by atoms with Crippen molar-refractivity contribution in [1.29, 1.82) is 0 Å². The maximum Gasteiger partial charge on any atom is 0.222 e. The number of carbonyl (C=O) groups is 1. The Morgan fingerprint density at radius 3 is 2.30 bits per heavy atom. The van der Waals surface area contributed by atoms with Crippen molar-refractivity contribution in [3.63, 3.8) is 0 Å². The monoisotopic (exact) mass is 332 g/mol. The second-order valence-corrected chi connectivity index (χ2v) is 5.44. The van der Waals surface area contributed by atoms with Crippen molar-refractivity contribution >= 4 is 5.91 Å². The SMILES string of the molecule is CC.COC(C)CN1CCOCC1.COCCN1CCCC1=O. The molecule has 1 atom stereocenters. The van der Waals surface area contributed by atoms with Crippen LogP contribution < -0.4 is 0 Å². The first-order valence-electron chi connectivity index (χ1n) is 8.77. The highest BCUT2D eigenvalue weighted by molar-refractivity contribution is 5.77. The lowest BCUT2D eigenvalue weighted by Gasteiger charge is -2.28. The maximum atomic E-state index is 11.0. The zero-order valence-electron chi connectivity index (χ0n) is 15.7. The van der Waals surface area contributed by atoms with Crippen LogP contribution in [0, 0.1) is 0 Å². The number of morpholine rings is 1. The summed E-state index contributed by atoms with van der Waals surface area (Å²) in [5.41, 5.74) is 0. The van der Waals surface area contributed by atoms with Gasteiger partial charge in [0.25, 0.3) is 0 Å². The summed E-state index contributed by atoms with van der Waals surface area (Å²) in [5, 5.41) is 0. The molecule has 0 N–H and O–H groups in total. The third kappa shape index (κ3) is 10.7. The van der Waals surface area contributed by atoms with E-state index in [1.807, 2.05) is 18.7 Å². The largest absolute Gasteiger partial charge is 0.383 e. The minimum Gasteiger partial charge on any atom is -0.383 e. The van der Waals surface area contributed by atoms with Crippen molar-refractivity contribution in [2.45, 2.75) is 39.7 Å². The molecule has 0 spiro atoms. The number of likely N-dealkylation sites (tertiary alicyclic amines) is 1. The van der Waals surface area contributed by atoms with Gasteiger partial charge in [-0.15, -0.1) is 0 Å². The van der Waals surface area contributed by atoms with E-state index in [0.29, 0.717) is 12.7 Å². The Morgan fingerprint density at radius 1 is 1.17 bits per heavy atom. The van der Waals surface area contributed by atoms with Gasteiger partial charge < -0.3 is 19.1 Å². The molecule has 0 radical (unpaired) electrons. The highest BCUT2D eigenvalue weighted by atomic mass is 16.5. The van der Waals surface area contributed by atoms with Crippen molar-refractivity contribution in [3.8, 4) is 0 Å². The average Bonchev–Trinajstić information content (AvgIpc) is 3.01. The third-order valence-corrected chi connectivity index (χ3v) is 3.76. The summed E-state index contributed by atoms with van der Waals surface area (Å²) < 4.78 is 15.3.